The van der Waals surface area contributed by atoms with E-state index in [1.165, 1.54) is 12.1 Å². The van der Waals surface area contributed by atoms with E-state index in [0.29, 0.717) is 5.69 Å². The van der Waals surface area contributed by atoms with Crippen LogP contribution in [0.2, 0.25) is 0 Å². The Morgan fingerprint density at radius 1 is 1.35 bits per heavy atom. The van der Waals surface area contributed by atoms with Crippen LogP contribution in [0.4, 0.5) is 14.5 Å². The van der Waals surface area contributed by atoms with Crippen LogP contribution < -0.4 is 10.5 Å². The van der Waals surface area contributed by atoms with Crippen molar-refractivity contribution in [1.82, 2.24) is 4.72 Å². The average Bonchev–Trinajstić information content (AvgIpc) is 2.34. The van der Waals surface area contributed by atoms with Crippen molar-refractivity contribution in [3.63, 3.8) is 0 Å². The monoisotopic (exact) mass is 308 g/mol. The second-order valence-electron chi connectivity index (χ2n) is 4.32. The third kappa shape index (κ3) is 4.69. The zero-order chi connectivity index (χ0) is 15.3. The fourth-order valence-corrected chi connectivity index (χ4v) is 2.64. The highest BCUT2D eigenvalue weighted by molar-refractivity contribution is 7.89. The molecule has 0 aliphatic rings. The fraction of sp³-hybridized carbons (Fsp3) is 0.500. The molecule has 8 heteroatoms. The van der Waals surface area contributed by atoms with Crippen LogP contribution in [-0.2, 0) is 14.8 Å². The Bertz CT molecular complexity index is 539. The highest BCUT2D eigenvalue weighted by atomic mass is 32.2. The molecular weight excluding hydrogens is 290 g/mol. The number of hydrogen-bond donors (Lipinski definition) is 2. The quantitative estimate of drug-likeness (QED) is 0.590. The molecule has 0 aromatic heterocycles. The number of benzene rings is 1. The molecule has 0 aliphatic carbocycles. The lowest BCUT2D eigenvalue weighted by atomic mass is 10.1. The van der Waals surface area contributed by atoms with Gasteiger partial charge in [-0.2, -0.15) is 0 Å². The summed E-state index contributed by atoms with van der Waals surface area (Å²) in [6.07, 6.45) is -2.56. The molecule has 0 saturated carbocycles. The van der Waals surface area contributed by atoms with E-state index in [4.69, 9.17) is 5.73 Å². The fourth-order valence-electron chi connectivity index (χ4n) is 1.51. The van der Waals surface area contributed by atoms with Crippen LogP contribution in [0.25, 0.3) is 0 Å². The molecule has 0 aliphatic heterocycles. The second kappa shape index (κ2) is 6.96. The minimum atomic E-state index is -3.72. The molecule has 0 radical (unpaired) electrons. The van der Waals surface area contributed by atoms with Crippen molar-refractivity contribution in [2.75, 3.05) is 25.5 Å². The molecular formula is C12H18F2N2O3S. The Morgan fingerprint density at radius 3 is 2.55 bits per heavy atom. The van der Waals surface area contributed by atoms with Gasteiger partial charge in [0.1, 0.15) is 6.61 Å². The number of alkyl halides is 2. The molecule has 0 fully saturated rings. The summed E-state index contributed by atoms with van der Waals surface area (Å²) >= 11 is 0. The number of hydrogen-bond acceptors (Lipinski definition) is 4. The Kier molecular flexibility index (Phi) is 5.85. The molecule has 0 heterocycles. The number of ether oxygens (including phenoxy) is 1. The average molecular weight is 308 g/mol. The SMILES string of the molecule is Cc1cc(S(=O)(=O)NCCOCC(F)F)cc(N)c1C. The topological polar surface area (TPSA) is 81.4 Å². The van der Waals surface area contributed by atoms with Gasteiger partial charge in [-0.15, -0.1) is 0 Å². The summed E-state index contributed by atoms with van der Waals surface area (Å²) in [5, 5.41) is 0. The van der Waals surface area contributed by atoms with Gasteiger partial charge in [0.2, 0.25) is 10.0 Å². The number of nitrogens with two attached hydrogens (primary N) is 1. The van der Waals surface area contributed by atoms with Gasteiger partial charge in [-0.1, -0.05) is 0 Å². The van der Waals surface area contributed by atoms with Gasteiger partial charge in [0.15, 0.2) is 0 Å². The van der Waals surface area contributed by atoms with Crippen LogP contribution in [0.5, 0.6) is 0 Å². The van der Waals surface area contributed by atoms with Gasteiger partial charge in [-0.3, -0.25) is 0 Å². The summed E-state index contributed by atoms with van der Waals surface area (Å²) in [7, 11) is -3.72. The lowest BCUT2D eigenvalue weighted by Crippen LogP contribution is -2.28. The Morgan fingerprint density at radius 2 is 2.00 bits per heavy atom. The molecule has 114 valence electrons. The zero-order valence-electron chi connectivity index (χ0n) is 11.3. The molecule has 0 bridgehead atoms. The van der Waals surface area contributed by atoms with Crippen molar-refractivity contribution in [3.05, 3.63) is 23.3 Å². The second-order valence-corrected chi connectivity index (χ2v) is 6.09. The maximum absolute atomic E-state index is 12.0. The first-order valence-corrected chi connectivity index (χ1v) is 7.44. The molecule has 3 N–H and O–H groups in total. The predicted octanol–water partition coefficient (Wildman–Crippen LogP) is 1.45. The molecule has 0 spiro atoms. The summed E-state index contributed by atoms with van der Waals surface area (Å²) in [4.78, 5) is 0.0481. The van der Waals surface area contributed by atoms with Gasteiger partial charge in [0, 0.05) is 12.2 Å². The van der Waals surface area contributed by atoms with Crippen molar-refractivity contribution >= 4 is 15.7 Å². The first kappa shape index (κ1) is 16.8. The van der Waals surface area contributed by atoms with Gasteiger partial charge < -0.3 is 10.5 Å². The lowest BCUT2D eigenvalue weighted by Gasteiger charge is -2.11. The van der Waals surface area contributed by atoms with E-state index in [0.717, 1.165) is 11.1 Å². The number of rotatable bonds is 7. The van der Waals surface area contributed by atoms with Gasteiger partial charge >= 0.3 is 0 Å². The minimum Gasteiger partial charge on any atom is -0.398 e. The van der Waals surface area contributed by atoms with Crippen LogP contribution in [0.1, 0.15) is 11.1 Å². The molecule has 1 rings (SSSR count). The summed E-state index contributed by atoms with van der Waals surface area (Å²) in [6, 6.07) is 2.87. The van der Waals surface area contributed by atoms with Crippen molar-refractivity contribution in [2.45, 2.75) is 25.2 Å². The largest absolute Gasteiger partial charge is 0.398 e. The molecule has 0 amide bonds. The number of anilines is 1. The van der Waals surface area contributed by atoms with E-state index >= 15 is 0 Å². The maximum atomic E-state index is 12.0. The van der Waals surface area contributed by atoms with Crippen molar-refractivity contribution in [3.8, 4) is 0 Å². The van der Waals surface area contributed by atoms with Crippen LogP contribution in [-0.4, -0.2) is 34.6 Å². The van der Waals surface area contributed by atoms with Crippen molar-refractivity contribution in [1.29, 1.82) is 0 Å². The van der Waals surface area contributed by atoms with Crippen molar-refractivity contribution in [2.24, 2.45) is 0 Å². The highest BCUT2D eigenvalue weighted by Crippen LogP contribution is 2.21. The normalized spacial score (nSPS) is 12.1. The van der Waals surface area contributed by atoms with Crippen LogP contribution in [0.15, 0.2) is 17.0 Å². The van der Waals surface area contributed by atoms with Gasteiger partial charge in [0.05, 0.1) is 11.5 Å². The molecule has 5 nitrogen and oxygen atoms in total. The number of nitrogens with one attached hydrogen (secondary N) is 1. The third-order valence-electron chi connectivity index (χ3n) is 2.77. The van der Waals surface area contributed by atoms with Gasteiger partial charge in [-0.25, -0.2) is 21.9 Å². The van der Waals surface area contributed by atoms with E-state index < -0.39 is 23.1 Å². The number of nitrogen functional groups attached to an aromatic ring is 1. The first-order valence-electron chi connectivity index (χ1n) is 5.96. The smallest absolute Gasteiger partial charge is 0.261 e. The number of halogens is 2. The Hall–Kier alpha value is -1.25. The van der Waals surface area contributed by atoms with Gasteiger partial charge in [-0.05, 0) is 37.1 Å². The standard InChI is InChI=1S/C12H18F2N2O3S/c1-8-5-10(6-11(15)9(8)2)20(17,18)16-3-4-19-7-12(13)14/h5-6,12,16H,3-4,7,15H2,1-2H3. The summed E-state index contributed by atoms with van der Waals surface area (Å²) in [5.41, 5.74) is 7.70. The Balaban J connectivity index is 2.65. The minimum absolute atomic E-state index is 0.0481. The summed E-state index contributed by atoms with van der Waals surface area (Å²) in [5.74, 6) is 0. The molecule has 0 saturated heterocycles. The molecule has 1 aromatic rings. The number of sulfonamides is 1. The summed E-state index contributed by atoms with van der Waals surface area (Å²) < 4.78 is 54.4. The van der Waals surface area contributed by atoms with Crippen LogP contribution >= 0.6 is 0 Å². The predicted molar refractivity (Wildman–Crippen MR) is 72.3 cm³/mol. The van der Waals surface area contributed by atoms with E-state index in [1.54, 1.807) is 13.8 Å². The lowest BCUT2D eigenvalue weighted by molar-refractivity contribution is 0.0199. The highest BCUT2D eigenvalue weighted by Gasteiger charge is 2.15. The zero-order valence-corrected chi connectivity index (χ0v) is 12.1. The molecule has 20 heavy (non-hydrogen) atoms. The molecule has 0 unspecified atom stereocenters. The third-order valence-corrected chi connectivity index (χ3v) is 4.21. The van der Waals surface area contributed by atoms with E-state index in [-0.39, 0.29) is 18.0 Å². The Labute approximate surface area is 117 Å². The number of aryl methyl sites for hydroxylation is 1. The van der Waals surface area contributed by atoms with E-state index in [2.05, 4.69) is 9.46 Å². The van der Waals surface area contributed by atoms with Crippen molar-refractivity contribution < 1.29 is 21.9 Å². The van der Waals surface area contributed by atoms with Crippen LogP contribution in [0.3, 0.4) is 0 Å². The first-order chi connectivity index (χ1) is 9.24. The van der Waals surface area contributed by atoms with E-state index in [1.807, 2.05) is 0 Å². The van der Waals surface area contributed by atoms with Crippen LogP contribution in [0, 0.1) is 13.8 Å². The molecule has 1 aromatic carbocycles. The maximum Gasteiger partial charge on any atom is 0.261 e. The van der Waals surface area contributed by atoms with E-state index in [9.17, 15) is 17.2 Å². The summed E-state index contributed by atoms with van der Waals surface area (Å²) in [6.45, 7) is 2.65. The van der Waals surface area contributed by atoms with Gasteiger partial charge in [0.25, 0.3) is 6.43 Å². The molecule has 0 atom stereocenters.